The third kappa shape index (κ3) is 75.3. The highest BCUT2D eigenvalue weighted by Crippen LogP contribution is 2.19. The number of allylic oxidation sites excluding steroid dienone is 16. The van der Waals surface area contributed by atoms with Crippen molar-refractivity contribution in [3.8, 4) is 0 Å². The Morgan fingerprint density at radius 1 is 0.273 bits per heavy atom. The van der Waals surface area contributed by atoms with Gasteiger partial charge in [0, 0.05) is 12.8 Å². The van der Waals surface area contributed by atoms with Crippen molar-refractivity contribution < 1.29 is 24.2 Å². The highest BCUT2D eigenvalue weighted by molar-refractivity contribution is 5.70. The molecule has 0 aromatic rings. The van der Waals surface area contributed by atoms with Crippen LogP contribution in [0.5, 0.6) is 0 Å². The number of aliphatic hydroxyl groups is 1. The molecule has 5 nitrogen and oxygen atoms in total. The van der Waals surface area contributed by atoms with E-state index in [9.17, 15) is 14.7 Å². The van der Waals surface area contributed by atoms with Crippen LogP contribution in [0.15, 0.2) is 97.2 Å². The van der Waals surface area contributed by atoms with Crippen LogP contribution < -0.4 is 0 Å². The van der Waals surface area contributed by atoms with Crippen LogP contribution in [-0.4, -0.2) is 36.4 Å². The molecule has 1 N–H and O–H groups in total. The first-order valence-electron chi connectivity index (χ1n) is 38.8. The van der Waals surface area contributed by atoms with E-state index in [2.05, 4.69) is 111 Å². The molecule has 0 aromatic carbocycles. The zero-order valence-corrected chi connectivity index (χ0v) is 58.7. The van der Waals surface area contributed by atoms with E-state index in [0.29, 0.717) is 12.8 Å². The molecule has 0 amide bonds. The summed E-state index contributed by atoms with van der Waals surface area (Å²) in [6, 6.07) is 0. The van der Waals surface area contributed by atoms with Crippen molar-refractivity contribution >= 4 is 11.9 Å². The van der Waals surface area contributed by atoms with Gasteiger partial charge >= 0.3 is 11.9 Å². The normalized spacial score (nSPS) is 12.7. The van der Waals surface area contributed by atoms with Gasteiger partial charge in [-0.3, -0.25) is 9.59 Å². The van der Waals surface area contributed by atoms with Gasteiger partial charge in [-0.1, -0.05) is 406 Å². The fraction of sp³-hybridized carbons (Fsp3) is 0.783. The van der Waals surface area contributed by atoms with E-state index < -0.39 is 6.10 Å². The molecule has 0 spiro atoms. The lowest BCUT2D eigenvalue weighted by molar-refractivity contribution is -0.161. The third-order valence-corrected chi connectivity index (χ3v) is 17.4. The second-order valence-electron chi connectivity index (χ2n) is 26.1. The van der Waals surface area contributed by atoms with Gasteiger partial charge in [0.05, 0.1) is 6.61 Å². The molecule has 0 aromatic heterocycles. The topological polar surface area (TPSA) is 72.8 Å². The number of rotatable bonds is 72. The maximum atomic E-state index is 12.4. The summed E-state index contributed by atoms with van der Waals surface area (Å²) < 4.78 is 10.8. The van der Waals surface area contributed by atoms with Crippen molar-refractivity contribution in [2.75, 3.05) is 13.2 Å². The second-order valence-corrected chi connectivity index (χ2v) is 26.1. The fourth-order valence-electron chi connectivity index (χ4n) is 11.6. The van der Waals surface area contributed by atoms with E-state index in [4.69, 9.17) is 9.47 Å². The summed E-state index contributed by atoms with van der Waals surface area (Å²) in [7, 11) is 0. The van der Waals surface area contributed by atoms with E-state index in [1.807, 2.05) is 0 Å². The lowest BCUT2D eigenvalue weighted by Gasteiger charge is -2.15. The number of aliphatic hydroxyl groups excluding tert-OH is 1. The maximum Gasteiger partial charge on any atom is 0.306 e. The molecule has 0 bridgehead atoms. The van der Waals surface area contributed by atoms with Crippen LogP contribution in [0, 0.1) is 0 Å². The summed E-state index contributed by atoms with van der Waals surface area (Å²) in [5.41, 5.74) is 0. The minimum Gasteiger partial charge on any atom is -0.462 e. The Morgan fingerprint density at radius 2 is 0.489 bits per heavy atom. The largest absolute Gasteiger partial charge is 0.462 e. The number of ether oxygens (including phenoxy) is 2. The van der Waals surface area contributed by atoms with Crippen LogP contribution in [0.2, 0.25) is 0 Å². The summed E-state index contributed by atoms with van der Waals surface area (Å²) in [4.78, 5) is 24.7. The summed E-state index contributed by atoms with van der Waals surface area (Å²) in [5, 5.41) is 9.72. The Balaban J connectivity index is 3.43. The number of unbranched alkanes of at least 4 members (excludes halogenated alkanes) is 48. The molecular weight excluding hydrogens is 1080 g/mol. The first kappa shape index (κ1) is 84.8. The zero-order valence-electron chi connectivity index (χ0n) is 58.7. The van der Waals surface area contributed by atoms with Crippen LogP contribution >= 0.6 is 0 Å². The molecule has 0 saturated carbocycles. The molecule has 0 aliphatic carbocycles. The molecule has 0 heterocycles. The number of esters is 2. The Morgan fingerprint density at radius 3 is 0.739 bits per heavy atom. The Bertz CT molecular complexity index is 1630. The van der Waals surface area contributed by atoms with Gasteiger partial charge in [0.15, 0.2) is 6.10 Å². The van der Waals surface area contributed by atoms with E-state index in [0.717, 1.165) is 89.9 Å². The van der Waals surface area contributed by atoms with Crippen LogP contribution in [-0.2, 0) is 19.1 Å². The predicted molar refractivity (Wildman–Crippen MR) is 389 cm³/mol. The lowest BCUT2D eigenvalue weighted by Crippen LogP contribution is -2.28. The summed E-state index contributed by atoms with van der Waals surface area (Å²) in [6.45, 7) is 4.08. The van der Waals surface area contributed by atoms with Crippen molar-refractivity contribution in [2.24, 2.45) is 0 Å². The van der Waals surface area contributed by atoms with Crippen LogP contribution in [0.25, 0.3) is 0 Å². The molecule has 1 unspecified atom stereocenters. The smallest absolute Gasteiger partial charge is 0.306 e. The molecule has 88 heavy (non-hydrogen) atoms. The maximum absolute atomic E-state index is 12.4. The molecule has 0 rings (SSSR count). The van der Waals surface area contributed by atoms with E-state index in [-0.39, 0.29) is 25.2 Å². The van der Waals surface area contributed by atoms with E-state index in [1.54, 1.807) is 0 Å². The van der Waals surface area contributed by atoms with Gasteiger partial charge in [0.1, 0.15) is 6.61 Å². The summed E-state index contributed by atoms with van der Waals surface area (Å²) >= 11 is 0. The van der Waals surface area contributed by atoms with Crippen LogP contribution in [0.3, 0.4) is 0 Å². The number of carbonyl (C=O) groups is 2. The standard InChI is InChI=1S/C83H148O5/c1-3-5-7-9-11-13-15-17-19-21-23-25-27-29-31-33-35-37-39-41-43-45-47-49-51-53-55-57-59-61-63-65-67-69-71-73-75-77-82(85)87-80-81(79-84)88-83(86)78-76-74-72-70-68-66-64-62-60-58-56-54-52-50-48-46-44-42-40-38-36-34-32-30-28-26-24-22-20-18-16-14-12-10-8-6-4-2/h6,8,12,14,18,20,24,26,30,32,36,38,42,44,48,50,81,84H,3-5,7,9-11,13,15-17,19,21-23,25,27-29,31,33-35,37,39-41,43,45-47,49,51-80H2,1-2H3/b8-6-,14-12-,20-18-,26-24-,32-30-,38-36-,44-42-,50-48-. The highest BCUT2D eigenvalue weighted by Gasteiger charge is 2.16. The average Bonchev–Trinajstić information content (AvgIpc) is 3.55. The number of carbonyl (C=O) groups excluding carboxylic acids is 2. The Kier molecular flexibility index (Phi) is 75.2. The summed E-state index contributed by atoms with van der Waals surface area (Å²) in [6.07, 6.45) is 112. The van der Waals surface area contributed by atoms with Gasteiger partial charge in [0.25, 0.3) is 0 Å². The summed E-state index contributed by atoms with van der Waals surface area (Å²) in [5.74, 6) is -0.577. The highest BCUT2D eigenvalue weighted by atomic mass is 16.6. The van der Waals surface area contributed by atoms with E-state index >= 15 is 0 Å². The quantitative estimate of drug-likeness (QED) is 0.0373. The number of hydrogen-bond acceptors (Lipinski definition) is 5. The molecule has 5 heteroatoms. The van der Waals surface area contributed by atoms with Gasteiger partial charge in [-0.15, -0.1) is 0 Å². The monoisotopic (exact) mass is 1230 g/mol. The third-order valence-electron chi connectivity index (χ3n) is 17.4. The van der Waals surface area contributed by atoms with Gasteiger partial charge in [-0.2, -0.15) is 0 Å². The molecule has 0 saturated heterocycles. The van der Waals surface area contributed by atoms with Crippen molar-refractivity contribution in [1.29, 1.82) is 0 Å². The van der Waals surface area contributed by atoms with Crippen molar-refractivity contribution in [3.63, 3.8) is 0 Å². The molecule has 0 aliphatic rings. The van der Waals surface area contributed by atoms with Crippen molar-refractivity contribution in [1.82, 2.24) is 0 Å². The van der Waals surface area contributed by atoms with Crippen LogP contribution in [0.4, 0.5) is 0 Å². The Labute approximate surface area is 548 Å². The molecular formula is C83H148O5. The van der Waals surface area contributed by atoms with Gasteiger partial charge in [-0.05, 0) is 77.0 Å². The first-order chi connectivity index (χ1) is 43.6. The minimum absolute atomic E-state index is 0.0656. The minimum atomic E-state index is -0.778. The zero-order chi connectivity index (χ0) is 63.3. The Hall–Kier alpha value is -3.18. The molecule has 0 radical (unpaired) electrons. The lowest BCUT2D eigenvalue weighted by atomic mass is 10.0. The fourth-order valence-corrected chi connectivity index (χ4v) is 11.6. The second kappa shape index (κ2) is 78.1. The van der Waals surface area contributed by atoms with Gasteiger partial charge in [0.2, 0.25) is 0 Å². The first-order valence-corrected chi connectivity index (χ1v) is 38.8. The van der Waals surface area contributed by atoms with Gasteiger partial charge in [-0.25, -0.2) is 0 Å². The van der Waals surface area contributed by atoms with Crippen molar-refractivity contribution in [3.05, 3.63) is 97.2 Å². The van der Waals surface area contributed by atoms with Gasteiger partial charge < -0.3 is 14.6 Å². The molecule has 0 fully saturated rings. The SMILES string of the molecule is CC/C=C\C/C=C\C/C=C\C/C=C\C/C=C\C/C=C\C/C=C\C/C=C\CCCCCCCCCCCCCCC(=O)OC(CO)COC(=O)CCCCCCCCCCCCCCCCCCCCCCCCCCCCCCCCCCCCCCC. The average molecular weight is 1230 g/mol. The molecule has 510 valence electrons. The van der Waals surface area contributed by atoms with Crippen molar-refractivity contribution in [2.45, 2.75) is 405 Å². The molecule has 0 aliphatic heterocycles. The predicted octanol–water partition coefficient (Wildman–Crippen LogP) is 27.3. The molecule has 1 atom stereocenters. The number of hydrogen-bond donors (Lipinski definition) is 1. The van der Waals surface area contributed by atoms with E-state index in [1.165, 1.54) is 283 Å². The van der Waals surface area contributed by atoms with Crippen LogP contribution in [0.1, 0.15) is 399 Å².